The van der Waals surface area contributed by atoms with Gasteiger partial charge in [-0.25, -0.2) is 9.78 Å². The van der Waals surface area contributed by atoms with Crippen molar-refractivity contribution in [3.63, 3.8) is 0 Å². The number of imidazole rings is 1. The molecule has 10 heteroatoms. The molecule has 0 radical (unpaired) electrons. The first-order valence-electron chi connectivity index (χ1n) is 13.5. The Bertz CT molecular complexity index is 1380. The van der Waals surface area contributed by atoms with Crippen LogP contribution in [0.2, 0.25) is 0 Å². The smallest absolute Gasteiger partial charge is 0.332 e. The second kappa shape index (κ2) is 11.1. The van der Waals surface area contributed by atoms with Gasteiger partial charge in [-0.2, -0.15) is 0 Å². The number of H-pyrrole nitrogens is 1. The number of benzene rings is 2. The second-order valence-corrected chi connectivity index (χ2v) is 10.4. The number of rotatable bonds is 11. The maximum Gasteiger partial charge on any atom is 0.332 e. The lowest BCUT2D eigenvalue weighted by Gasteiger charge is -2.29. The molecule has 5 N–H and O–H groups in total. The van der Waals surface area contributed by atoms with E-state index in [1.807, 2.05) is 42.2 Å². The third-order valence-electron chi connectivity index (χ3n) is 7.76. The number of carbonyl (C=O) groups is 2. The number of esters is 1. The Morgan fingerprint density at radius 3 is 2.69 bits per heavy atom. The molecule has 1 saturated carbocycles. The SMILES string of the molecule is CCOC(=O)COCC1CCCN1C(=O)C1(c2ccc3[nH]c(CNc4ccc(C(=N)N)cc4)nc3c2C)CC1. The first kappa shape index (κ1) is 26.7. The molecule has 2 heterocycles. The standard InChI is InChI=1S/C29H36N6O4/c1-3-39-25(36)17-38-16-21-5-4-14-35(21)28(37)29(12-13-29)22-10-11-23-26(18(22)2)34-24(33-23)15-32-20-8-6-19(7-9-20)27(30)31/h6-11,21,32H,3-5,12-17H2,1-2H3,(H3,30,31)(H,33,34). The van der Waals surface area contributed by atoms with Gasteiger partial charge in [0, 0.05) is 17.8 Å². The van der Waals surface area contributed by atoms with Crippen LogP contribution in [-0.2, 0) is 31.0 Å². The highest BCUT2D eigenvalue weighted by Gasteiger charge is 2.55. The van der Waals surface area contributed by atoms with Crippen LogP contribution >= 0.6 is 0 Å². The fraction of sp³-hybridized carbons (Fsp3) is 0.448. The molecule has 206 valence electrons. The molecule has 0 spiro atoms. The Kier molecular flexibility index (Phi) is 7.56. The molecule has 2 fully saturated rings. The number of hydrogen-bond acceptors (Lipinski definition) is 7. The number of ether oxygens (including phenoxy) is 2. The van der Waals surface area contributed by atoms with Crippen LogP contribution in [0.3, 0.4) is 0 Å². The normalized spacial score (nSPS) is 17.8. The van der Waals surface area contributed by atoms with Crippen LogP contribution in [0.5, 0.6) is 0 Å². The minimum atomic E-state index is -0.516. The van der Waals surface area contributed by atoms with Gasteiger partial charge in [-0.15, -0.1) is 0 Å². The topological polar surface area (TPSA) is 146 Å². The van der Waals surface area contributed by atoms with E-state index in [-0.39, 0.29) is 30.4 Å². The minimum absolute atomic E-state index is 0.0268. The van der Waals surface area contributed by atoms with Crippen LogP contribution in [0, 0.1) is 12.3 Å². The van der Waals surface area contributed by atoms with Gasteiger partial charge in [0.1, 0.15) is 18.3 Å². The van der Waals surface area contributed by atoms with Crippen molar-refractivity contribution in [2.45, 2.75) is 57.5 Å². The third-order valence-corrected chi connectivity index (χ3v) is 7.76. The van der Waals surface area contributed by atoms with Crippen LogP contribution < -0.4 is 11.1 Å². The maximum absolute atomic E-state index is 13.9. The summed E-state index contributed by atoms with van der Waals surface area (Å²) >= 11 is 0. The molecule has 1 aromatic heterocycles. The number of aromatic nitrogens is 2. The van der Waals surface area contributed by atoms with Gasteiger partial charge in [-0.1, -0.05) is 6.07 Å². The monoisotopic (exact) mass is 532 g/mol. The van der Waals surface area contributed by atoms with E-state index in [9.17, 15) is 9.59 Å². The predicted octanol–water partition coefficient (Wildman–Crippen LogP) is 3.37. The van der Waals surface area contributed by atoms with Crippen molar-refractivity contribution in [3.05, 3.63) is 58.9 Å². The molecule has 1 atom stereocenters. The Morgan fingerprint density at radius 1 is 1.23 bits per heavy atom. The van der Waals surface area contributed by atoms with E-state index in [4.69, 9.17) is 25.6 Å². The summed E-state index contributed by atoms with van der Waals surface area (Å²) in [5.41, 5.74) is 10.5. The first-order chi connectivity index (χ1) is 18.8. The first-order valence-corrected chi connectivity index (χ1v) is 13.5. The Morgan fingerprint density at radius 2 is 2.00 bits per heavy atom. The molecular weight excluding hydrogens is 496 g/mol. The number of amides is 1. The van der Waals surface area contributed by atoms with Crippen LogP contribution in [0.15, 0.2) is 36.4 Å². The second-order valence-electron chi connectivity index (χ2n) is 10.4. The van der Waals surface area contributed by atoms with E-state index in [1.165, 1.54) is 0 Å². The molecule has 1 saturated heterocycles. The number of anilines is 1. The van der Waals surface area contributed by atoms with E-state index in [0.717, 1.165) is 59.4 Å². The lowest BCUT2D eigenvalue weighted by atomic mass is 9.89. The van der Waals surface area contributed by atoms with Crippen molar-refractivity contribution in [2.24, 2.45) is 5.73 Å². The van der Waals surface area contributed by atoms with Crippen LogP contribution in [0.25, 0.3) is 11.0 Å². The Labute approximate surface area is 227 Å². The van der Waals surface area contributed by atoms with Gasteiger partial charge in [-0.05, 0) is 81.0 Å². The van der Waals surface area contributed by atoms with Gasteiger partial charge < -0.3 is 30.4 Å². The molecule has 3 aromatic rings. The number of hydrogen-bond donors (Lipinski definition) is 4. The van der Waals surface area contributed by atoms with E-state index < -0.39 is 5.41 Å². The summed E-state index contributed by atoms with van der Waals surface area (Å²) in [6.07, 6.45) is 3.44. The van der Waals surface area contributed by atoms with E-state index in [1.54, 1.807) is 6.92 Å². The minimum Gasteiger partial charge on any atom is -0.464 e. The third kappa shape index (κ3) is 5.47. The van der Waals surface area contributed by atoms with Gasteiger partial charge in [-0.3, -0.25) is 10.2 Å². The highest BCUT2D eigenvalue weighted by Crippen LogP contribution is 2.52. The molecule has 0 bridgehead atoms. The fourth-order valence-electron chi connectivity index (χ4n) is 5.57. The van der Waals surface area contributed by atoms with Crippen molar-refractivity contribution in [1.29, 1.82) is 5.41 Å². The van der Waals surface area contributed by atoms with Gasteiger partial charge in [0.2, 0.25) is 5.91 Å². The van der Waals surface area contributed by atoms with Crippen LogP contribution in [0.1, 0.15) is 55.1 Å². The summed E-state index contributed by atoms with van der Waals surface area (Å²) in [4.78, 5) is 35.7. The van der Waals surface area contributed by atoms with Crippen molar-refractivity contribution in [3.8, 4) is 0 Å². The quantitative estimate of drug-likeness (QED) is 0.168. The summed E-state index contributed by atoms with van der Waals surface area (Å²) in [6, 6.07) is 11.5. The van der Waals surface area contributed by atoms with Gasteiger partial charge in [0.15, 0.2) is 0 Å². The molecule has 39 heavy (non-hydrogen) atoms. The summed E-state index contributed by atoms with van der Waals surface area (Å²) in [5.74, 6) is 0.615. The van der Waals surface area contributed by atoms with Crippen molar-refractivity contribution in [1.82, 2.24) is 14.9 Å². The zero-order valence-corrected chi connectivity index (χ0v) is 22.5. The number of likely N-dealkylation sites (tertiary alicyclic amines) is 1. The zero-order valence-electron chi connectivity index (χ0n) is 22.5. The fourth-order valence-corrected chi connectivity index (χ4v) is 5.57. The number of nitrogens with two attached hydrogens (primary N) is 1. The zero-order chi connectivity index (χ0) is 27.6. The van der Waals surface area contributed by atoms with Gasteiger partial charge in [0.25, 0.3) is 0 Å². The predicted molar refractivity (Wildman–Crippen MR) is 149 cm³/mol. The molecule has 2 aromatic carbocycles. The van der Waals surface area contributed by atoms with Crippen molar-refractivity contribution in [2.75, 3.05) is 31.7 Å². The Hall–Kier alpha value is -3.92. The highest BCUT2D eigenvalue weighted by atomic mass is 16.6. The molecule has 5 rings (SSSR count). The van der Waals surface area contributed by atoms with E-state index in [0.29, 0.717) is 31.9 Å². The molecule has 1 aliphatic heterocycles. The highest BCUT2D eigenvalue weighted by molar-refractivity contribution is 5.95. The summed E-state index contributed by atoms with van der Waals surface area (Å²) in [5, 5.41) is 10.9. The molecule has 2 aliphatic rings. The van der Waals surface area contributed by atoms with E-state index >= 15 is 0 Å². The summed E-state index contributed by atoms with van der Waals surface area (Å²) in [7, 11) is 0. The molecule has 1 amide bonds. The number of aryl methyl sites for hydroxylation is 1. The number of nitrogen functional groups attached to an aromatic ring is 1. The number of amidine groups is 1. The molecule has 1 aliphatic carbocycles. The maximum atomic E-state index is 13.9. The average Bonchev–Trinajstić information content (AvgIpc) is 3.39. The number of carbonyl (C=O) groups excluding carboxylic acids is 2. The van der Waals surface area contributed by atoms with Crippen molar-refractivity contribution < 1.29 is 19.1 Å². The Balaban J connectivity index is 1.28. The van der Waals surface area contributed by atoms with Gasteiger partial charge in [0.05, 0.1) is 42.2 Å². The largest absolute Gasteiger partial charge is 0.464 e. The number of nitrogens with zero attached hydrogens (tertiary/aromatic N) is 2. The average molecular weight is 533 g/mol. The summed E-state index contributed by atoms with van der Waals surface area (Å²) in [6.45, 7) is 5.61. The summed E-state index contributed by atoms with van der Waals surface area (Å²) < 4.78 is 10.5. The lowest BCUT2D eigenvalue weighted by molar-refractivity contribution is -0.149. The van der Waals surface area contributed by atoms with Crippen molar-refractivity contribution >= 4 is 34.4 Å². The molecule has 10 nitrogen and oxygen atoms in total. The van der Waals surface area contributed by atoms with Gasteiger partial charge >= 0.3 is 5.97 Å². The number of nitrogens with one attached hydrogen (secondary N) is 3. The van der Waals surface area contributed by atoms with Crippen LogP contribution in [-0.4, -0.2) is 65.0 Å². The molecular formula is C29H36N6O4. The van der Waals surface area contributed by atoms with E-state index in [2.05, 4.69) is 16.4 Å². The van der Waals surface area contributed by atoms with Crippen LogP contribution in [0.4, 0.5) is 5.69 Å². The number of fused-ring (bicyclic) bond motifs is 1. The molecule has 1 unspecified atom stereocenters. The lowest BCUT2D eigenvalue weighted by Crippen LogP contribution is -2.44. The number of aromatic amines is 1.